The van der Waals surface area contributed by atoms with Crippen molar-refractivity contribution in [2.45, 2.75) is 0 Å². The molecule has 0 aliphatic carbocycles. The van der Waals surface area contributed by atoms with Crippen LogP contribution in [0.15, 0.2) is 38.0 Å². The van der Waals surface area contributed by atoms with Gasteiger partial charge in [0, 0.05) is 10.9 Å². The van der Waals surface area contributed by atoms with Crippen LogP contribution < -0.4 is 15.2 Å². The van der Waals surface area contributed by atoms with E-state index in [0.717, 1.165) is 26.2 Å². The van der Waals surface area contributed by atoms with Gasteiger partial charge in [0.05, 0.1) is 9.35 Å². The topological polar surface area (TPSA) is 70.5 Å². The summed E-state index contributed by atoms with van der Waals surface area (Å²) < 4.78 is 16.9. The molecule has 0 radical (unpaired) electrons. The Morgan fingerprint density at radius 1 is 1.14 bits per heavy atom. The van der Waals surface area contributed by atoms with Gasteiger partial charge in [-0.25, -0.2) is 0 Å². The number of ether oxygens (including phenoxy) is 2. The lowest BCUT2D eigenvalue weighted by Gasteiger charge is -2.03. The molecule has 106 valence electrons. The van der Waals surface area contributed by atoms with Crippen LogP contribution in [0.4, 0.5) is 5.88 Å². The molecular formula is C14H9BrN2O3S. The predicted octanol–water partition coefficient (Wildman–Crippen LogP) is 4.14. The fourth-order valence-corrected chi connectivity index (χ4v) is 3.41. The lowest BCUT2D eigenvalue weighted by molar-refractivity contribution is 0.174. The van der Waals surface area contributed by atoms with Gasteiger partial charge in [-0.15, -0.1) is 11.3 Å². The summed E-state index contributed by atoms with van der Waals surface area (Å²) in [5, 5.41) is 6.08. The van der Waals surface area contributed by atoms with E-state index in [9.17, 15) is 0 Å². The van der Waals surface area contributed by atoms with Gasteiger partial charge in [0.2, 0.25) is 12.7 Å². The third-order valence-corrected chi connectivity index (χ3v) is 4.73. The molecule has 2 aromatic heterocycles. The van der Waals surface area contributed by atoms with Crippen molar-refractivity contribution in [2.24, 2.45) is 0 Å². The molecule has 0 fully saturated rings. The SMILES string of the molecule is Nc1onc(-c2csc(Br)c2)c1-c1ccc2c(c1)OCO2. The molecule has 3 aromatic rings. The molecule has 7 heteroatoms. The monoisotopic (exact) mass is 364 g/mol. The van der Waals surface area contributed by atoms with Gasteiger partial charge in [0.25, 0.3) is 0 Å². The van der Waals surface area contributed by atoms with Gasteiger partial charge in [-0.2, -0.15) is 0 Å². The standard InChI is InChI=1S/C14H9BrN2O3S/c15-11-4-8(5-21-11)13-12(14(16)20-17-13)7-1-2-9-10(3-7)19-6-18-9/h1-5H,6,16H2. The first-order chi connectivity index (χ1) is 10.2. The second-order valence-corrected chi connectivity index (χ2v) is 6.77. The lowest BCUT2D eigenvalue weighted by atomic mass is 10.0. The van der Waals surface area contributed by atoms with E-state index in [1.807, 2.05) is 29.6 Å². The molecule has 1 aromatic carbocycles. The molecule has 0 bridgehead atoms. The zero-order valence-corrected chi connectivity index (χ0v) is 13.0. The van der Waals surface area contributed by atoms with Crippen LogP contribution in [0.5, 0.6) is 11.5 Å². The molecule has 5 nitrogen and oxygen atoms in total. The molecule has 0 atom stereocenters. The van der Waals surface area contributed by atoms with Crippen LogP contribution >= 0.6 is 27.3 Å². The number of thiophene rings is 1. The van der Waals surface area contributed by atoms with Crippen LogP contribution in [0.3, 0.4) is 0 Å². The zero-order valence-electron chi connectivity index (χ0n) is 10.6. The summed E-state index contributed by atoms with van der Waals surface area (Å²) in [5.41, 5.74) is 9.27. The number of fused-ring (bicyclic) bond motifs is 1. The summed E-state index contributed by atoms with van der Waals surface area (Å²) in [6.45, 7) is 0.238. The molecule has 0 unspecified atom stereocenters. The Morgan fingerprint density at radius 2 is 2.00 bits per heavy atom. The normalized spacial score (nSPS) is 12.8. The number of nitrogen functional groups attached to an aromatic ring is 1. The highest BCUT2D eigenvalue weighted by Gasteiger charge is 2.21. The molecule has 1 aliphatic rings. The first-order valence-corrected chi connectivity index (χ1v) is 7.79. The van der Waals surface area contributed by atoms with Gasteiger partial charge in [-0.05, 0) is 39.7 Å². The van der Waals surface area contributed by atoms with E-state index < -0.39 is 0 Å². The Balaban J connectivity index is 1.87. The fourth-order valence-electron chi connectivity index (χ4n) is 2.27. The first-order valence-electron chi connectivity index (χ1n) is 6.12. The molecule has 2 N–H and O–H groups in total. The highest BCUT2D eigenvalue weighted by Crippen LogP contribution is 2.42. The summed E-state index contributed by atoms with van der Waals surface area (Å²) in [5.74, 6) is 1.71. The fraction of sp³-hybridized carbons (Fsp3) is 0.0714. The third-order valence-electron chi connectivity index (χ3n) is 3.22. The minimum absolute atomic E-state index is 0.238. The van der Waals surface area contributed by atoms with Gasteiger partial charge >= 0.3 is 0 Å². The van der Waals surface area contributed by atoms with Gasteiger partial charge in [0.1, 0.15) is 5.69 Å². The number of nitrogens with two attached hydrogens (primary N) is 1. The van der Waals surface area contributed by atoms with E-state index >= 15 is 0 Å². The van der Waals surface area contributed by atoms with E-state index in [1.54, 1.807) is 11.3 Å². The number of benzene rings is 1. The van der Waals surface area contributed by atoms with Gasteiger partial charge in [-0.3, -0.25) is 0 Å². The summed E-state index contributed by atoms with van der Waals surface area (Å²) in [4.78, 5) is 0. The Labute approximate surface area is 132 Å². The van der Waals surface area contributed by atoms with Gasteiger partial charge < -0.3 is 19.7 Å². The van der Waals surface area contributed by atoms with Crippen LogP contribution in [-0.4, -0.2) is 11.9 Å². The maximum Gasteiger partial charge on any atom is 0.231 e. The average molecular weight is 365 g/mol. The summed E-state index contributed by atoms with van der Waals surface area (Å²) in [6.07, 6.45) is 0. The maximum absolute atomic E-state index is 5.95. The Morgan fingerprint density at radius 3 is 2.81 bits per heavy atom. The Hall–Kier alpha value is -1.99. The molecular weight excluding hydrogens is 356 g/mol. The van der Waals surface area contributed by atoms with Crippen LogP contribution in [0, 0.1) is 0 Å². The molecule has 3 heterocycles. The van der Waals surface area contributed by atoms with Crippen molar-refractivity contribution in [3.05, 3.63) is 33.4 Å². The van der Waals surface area contributed by atoms with E-state index in [2.05, 4.69) is 21.1 Å². The van der Waals surface area contributed by atoms with Crippen LogP contribution in [0.1, 0.15) is 0 Å². The molecule has 0 amide bonds. The summed E-state index contributed by atoms with van der Waals surface area (Å²) in [7, 11) is 0. The van der Waals surface area contributed by atoms with Crippen LogP contribution in [-0.2, 0) is 0 Å². The van der Waals surface area contributed by atoms with Crippen molar-refractivity contribution in [3.63, 3.8) is 0 Å². The van der Waals surface area contributed by atoms with Crippen molar-refractivity contribution in [3.8, 4) is 33.9 Å². The smallest absolute Gasteiger partial charge is 0.231 e. The van der Waals surface area contributed by atoms with E-state index in [0.29, 0.717) is 11.4 Å². The average Bonchev–Trinajstić information content (AvgIpc) is 3.17. The molecule has 21 heavy (non-hydrogen) atoms. The first kappa shape index (κ1) is 12.7. The Bertz CT molecular complexity index is 827. The van der Waals surface area contributed by atoms with Crippen molar-refractivity contribution in [1.82, 2.24) is 5.16 Å². The number of halogens is 1. The number of anilines is 1. The quantitative estimate of drug-likeness (QED) is 0.739. The lowest BCUT2D eigenvalue weighted by Crippen LogP contribution is -1.92. The largest absolute Gasteiger partial charge is 0.454 e. The number of rotatable bonds is 2. The molecule has 0 saturated carbocycles. The number of hydrogen-bond donors (Lipinski definition) is 1. The maximum atomic E-state index is 5.95. The minimum atomic E-state index is 0.238. The Kier molecular flexibility index (Phi) is 2.90. The number of aromatic nitrogens is 1. The van der Waals surface area contributed by atoms with Crippen molar-refractivity contribution >= 4 is 33.2 Å². The van der Waals surface area contributed by atoms with Crippen LogP contribution in [0.2, 0.25) is 0 Å². The van der Waals surface area contributed by atoms with Gasteiger partial charge in [0.15, 0.2) is 11.5 Å². The minimum Gasteiger partial charge on any atom is -0.454 e. The van der Waals surface area contributed by atoms with Crippen molar-refractivity contribution < 1.29 is 14.0 Å². The molecule has 0 spiro atoms. The second-order valence-electron chi connectivity index (χ2n) is 4.48. The highest BCUT2D eigenvalue weighted by molar-refractivity contribution is 9.11. The molecule has 0 saturated heterocycles. The zero-order chi connectivity index (χ0) is 14.4. The predicted molar refractivity (Wildman–Crippen MR) is 83.5 cm³/mol. The summed E-state index contributed by atoms with van der Waals surface area (Å²) >= 11 is 5.03. The van der Waals surface area contributed by atoms with E-state index in [1.165, 1.54) is 0 Å². The third kappa shape index (κ3) is 2.09. The van der Waals surface area contributed by atoms with Crippen LogP contribution in [0.25, 0.3) is 22.4 Å². The number of hydrogen-bond acceptors (Lipinski definition) is 6. The molecule has 4 rings (SSSR count). The summed E-state index contributed by atoms with van der Waals surface area (Å²) in [6, 6.07) is 7.65. The number of nitrogens with zero attached hydrogens (tertiary/aromatic N) is 1. The highest BCUT2D eigenvalue weighted by atomic mass is 79.9. The van der Waals surface area contributed by atoms with Crippen molar-refractivity contribution in [1.29, 1.82) is 0 Å². The van der Waals surface area contributed by atoms with E-state index in [4.69, 9.17) is 19.7 Å². The van der Waals surface area contributed by atoms with E-state index in [-0.39, 0.29) is 12.7 Å². The van der Waals surface area contributed by atoms with Gasteiger partial charge in [-0.1, -0.05) is 11.2 Å². The molecule has 1 aliphatic heterocycles. The van der Waals surface area contributed by atoms with Crippen molar-refractivity contribution in [2.75, 3.05) is 12.5 Å². The second kappa shape index (κ2) is 4.78.